The molecule has 0 bridgehead atoms. The molecule has 0 saturated heterocycles. The van der Waals surface area contributed by atoms with Gasteiger partial charge < -0.3 is 15.4 Å². The van der Waals surface area contributed by atoms with Crippen molar-refractivity contribution < 1.29 is 4.74 Å². The van der Waals surface area contributed by atoms with Gasteiger partial charge >= 0.3 is 0 Å². The minimum atomic E-state index is -0.0140. The van der Waals surface area contributed by atoms with Crippen LogP contribution in [0.4, 0.5) is 0 Å². The van der Waals surface area contributed by atoms with Crippen molar-refractivity contribution in [2.75, 3.05) is 20.2 Å². The topological polar surface area (TPSA) is 45.6 Å². The lowest BCUT2D eigenvalue weighted by molar-refractivity contribution is -0.176. The molecule has 4 nitrogen and oxygen atoms in total. The summed E-state index contributed by atoms with van der Waals surface area (Å²) in [7, 11) is 1.80. The third-order valence-corrected chi connectivity index (χ3v) is 4.49. The van der Waals surface area contributed by atoms with Crippen LogP contribution in [-0.2, 0) is 4.74 Å². The molecule has 1 aliphatic heterocycles. The van der Waals surface area contributed by atoms with E-state index in [1.807, 2.05) is 0 Å². The SMILES string of the molecule is COC1(C)CC(NC2=NCCCN2)C1(C)C. The summed E-state index contributed by atoms with van der Waals surface area (Å²) >= 11 is 0. The zero-order valence-corrected chi connectivity index (χ0v) is 10.8. The van der Waals surface area contributed by atoms with Crippen molar-refractivity contribution in [3.05, 3.63) is 0 Å². The van der Waals surface area contributed by atoms with Gasteiger partial charge in [0.2, 0.25) is 0 Å². The molecule has 0 radical (unpaired) electrons. The molecule has 0 aromatic carbocycles. The fourth-order valence-electron chi connectivity index (χ4n) is 2.52. The summed E-state index contributed by atoms with van der Waals surface area (Å²) in [6.45, 7) is 8.65. The number of hydrogen-bond acceptors (Lipinski definition) is 4. The zero-order chi connectivity index (χ0) is 11.8. The van der Waals surface area contributed by atoms with E-state index in [2.05, 4.69) is 36.4 Å². The van der Waals surface area contributed by atoms with Gasteiger partial charge in [-0.1, -0.05) is 13.8 Å². The van der Waals surface area contributed by atoms with Gasteiger partial charge in [0.25, 0.3) is 0 Å². The number of ether oxygens (including phenoxy) is 1. The van der Waals surface area contributed by atoms with Crippen LogP contribution in [0.15, 0.2) is 4.99 Å². The molecule has 1 aliphatic carbocycles. The molecule has 1 saturated carbocycles. The van der Waals surface area contributed by atoms with Gasteiger partial charge in [0.1, 0.15) is 0 Å². The van der Waals surface area contributed by atoms with E-state index in [1.165, 1.54) is 0 Å². The maximum Gasteiger partial charge on any atom is 0.191 e. The van der Waals surface area contributed by atoms with Crippen molar-refractivity contribution in [2.24, 2.45) is 10.4 Å². The lowest BCUT2D eigenvalue weighted by Crippen LogP contribution is -2.69. The average Bonchev–Trinajstić information content (AvgIpc) is 2.29. The van der Waals surface area contributed by atoms with Crippen LogP contribution >= 0.6 is 0 Å². The van der Waals surface area contributed by atoms with Crippen LogP contribution in [0.5, 0.6) is 0 Å². The van der Waals surface area contributed by atoms with Crippen LogP contribution in [0.1, 0.15) is 33.6 Å². The highest BCUT2D eigenvalue weighted by Gasteiger charge is 2.58. The second kappa shape index (κ2) is 3.91. The Hall–Kier alpha value is -0.770. The lowest BCUT2D eigenvalue weighted by Gasteiger charge is -2.59. The molecule has 0 amide bonds. The first kappa shape index (κ1) is 11.7. The van der Waals surface area contributed by atoms with Crippen molar-refractivity contribution in [3.8, 4) is 0 Å². The lowest BCUT2D eigenvalue weighted by atomic mass is 9.56. The number of methoxy groups -OCH3 is 1. The molecule has 92 valence electrons. The molecule has 2 aliphatic rings. The molecule has 0 aromatic rings. The Morgan fingerprint density at radius 2 is 2.19 bits per heavy atom. The van der Waals surface area contributed by atoms with Crippen molar-refractivity contribution in [1.82, 2.24) is 10.6 Å². The fraction of sp³-hybridized carbons (Fsp3) is 0.917. The number of hydrogen-bond donors (Lipinski definition) is 2. The number of nitrogens with zero attached hydrogens (tertiary/aromatic N) is 1. The van der Waals surface area contributed by atoms with Crippen LogP contribution in [0.2, 0.25) is 0 Å². The average molecular weight is 225 g/mol. The van der Waals surface area contributed by atoms with E-state index in [0.717, 1.165) is 31.9 Å². The Labute approximate surface area is 97.9 Å². The van der Waals surface area contributed by atoms with Gasteiger partial charge in [-0.3, -0.25) is 4.99 Å². The minimum absolute atomic E-state index is 0.0140. The molecule has 2 unspecified atom stereocenters. The standard InChI is InChI=1S/C12H23N3O/c1-11(2)9(8-12(11,3)16-4)15-10-13-6-5-7-14-10/h9H,5-8H2,1-4H3,(H2,13,14,15). The smallest absolute Gasteiger partial charge is 0.191 e. The third kappa shape index (κ3) is 1.69. The van der Waals surface area contributed by atoms with Crippen molar-refractivity contribution >= 4 is 5.96 Å². The van der Waals surface area contributed by atoms with E-state index in [0.29, 0.717) is 6.04 Å². The summed E-state index contributed by atoms with van der Waals surface area (Å²) < 4.78 is 5.61. The van der Waals surface area contributed by atoms with Gasteiger partial charge in [-0.2, -0.15) is 0 Å². The van der Waals surface area contributed by atoms with Gasteiger partial charge in [0.15, 0.2) is 5.96 Å². The monoisotopic (exact) mass is 225 g/mol. The van der Waals surface area contributed by atoms with Crippen molar-refractivity contribution in [1.29, 1.82) is 0 Å². The first-order valence-corrected chi connectivity index (χ1v) is 6.09. The second-order valence-corrected chi connectivity index (χ2v) is 5.57. The Balaban J connectivity index is 1.96. The molecule has 0 spiro atoms. The highest BCUT2D eigenvalue weighted by atomic mass is 16.5. The Morgan fingerprint density at radius 3 is 2.69 bits per heavy atom. The van der Waals surface area contributed by atoms with Crippen molar-refractivity contribution in [2.45, 2.75) is 45.3 Å². The van der Waals surface area contributed by atoms with Gasteiger partial charge in [-0.05, 0) is 19.8 Å². The third-order valence-electron chi connectivity index (χ3n) is 4.49. The van der Waals surface area contributed by atoms with Crippen LogP contribution in [0.25, 0.3) is 0 Å². The summed E-state index contributed by atoms with van der Waals surface area (Å²) in [5.41, 5.74) is 0.128. The number of aliphatic imine (C=N–C) groups is 1. The Morgan fingerprint density at radius 1 is 1.44 bits per heavy atom. The molecule has 1 heterocycles. The van der Waals surface area contributed by atoms with Gasteiger partial charge in [0, 0.05) is 31.7 Å². The van der Waals surface area contributed by atoms with Gasteiger partial charge in [-0.15, -0.1) is 0 Å². The first-order valence-electron chi connectivity index (χ1n) is 6.09. The minimum Gasteiger partial charge on any atom is -0.378 e. The molecular formula is C12H23N3O. The van der Waals surface area contributed by atoms with Crippen LogP contribution in [0, 0.1) is 5.41 Å². The molecule has 16 heavy (non-hydrogen) atoms. The predicted molar refractivity (Wildman–Crippen MR) is 65.7 cm³/mol. The van der Waals surface area contributed by atoms with Gasteiger partial charge in [-0.25, -0.2) is 0 Å². The van der Waals surface area contributed by atoms with Crippen LogP contribution < -0.4 is 10.6 Å². The van der Waals surface area contributed by atoms with Gasteiger partial charge in [0.05, 0.1) is 5.60 Å². The van der Waals surface area contributed by atoms with Crippen molar-refractivity contribution in [3.63, 3.8) is 0 Å². The number of rotatable bonds is 2. The number of nitrogens with one attached hydrogen (secondary N) is 2. The largest absolute Gasteiger partial charge is 0.378 e. The van der Waals surface area contributed by atoms with Crippen LogP contribution in [0.3, 0.4) is 0 Å². The molecule has 2 N–H and O–H groups in total. The van der Waals surface area contributed by atoms with E-state index in [4.69, 9.17) is 4.74 Å². The molecular weight excluding hydrogens is 202 g/mol. The fourth-order valence-corrected chi connectivity index (χ4v) is 2.52. The molecule has 2 rings (SSSR count). The second-order valence-electron chi connectivity index (χ2n) is 5.57. The molecule has 1 fully saturated rings. The van der Waals surface area contributed by atoms with E-state index < -0.39 is 0 Å². The molecule has 2 atom stereocenters. The summed E-state index contributed by atoms with van der Waals surface area (Å²) in [6, 6.07) is 0.446. The molecule has 0 aromatic heterocycles. The van der Waals surface area contributed by atoms with Crippen LogP contribution in [-0.4, -0.2) is 37.8 Å². The Kier molecular flexibility index (Phi) is 2.86. The number of guanidine groups is 1. The highest BCUT2D eigenvalue weighted by molar-refractivity contribution is 5.80. The van der Waals surface area contributed by atoms with E-state index in [1.54, 1.807) is 7.11 Å². The predicted octanol–water partition coefficient (Wildman–Crippen LogP) is 1.13. The summed E-state index contributed by atoms with van der Waals surface area (Å²) in [5.74, 6) is 0.961. The molecule has 4 heteroatoms. The zero-order valence-electron chi connectivity index (χ0n) is 10.8. The maximum absolute atomic E-state index is 5.61. The van der Waals surface area contributed by atoms with E-state index in [-0.39, 0.29) is 11.0 Å². The summed E-state index contributed by atoms with van der Waals surface area (Å²) in [4.78, 5) is 4.44. The normalized spacial score (nSPS) is 37.0. The summed E-state index contributed by atoms with van der Waals surface area (Å²) in [5, 5.41) is 6.79. The van der Waals surface area contributed by atoms with E-state index >= 15 is 0 Å². The quantitative estimate of drug-likeness (QED) is 0.740. The summed E-state index contributed by atoms with van der Waals surface area (Å²) in [6.07, 6.45) is 2.17. The first-order chi connectivity index (χ1) is 7.49. The maximum atomic E-state index is 5.61. The van der Waals surface area contributed by atoms with E-state index in [9.17, 15) is 0 Å². The highest BCUT2D eigenvalue weighted by Crippen LogP contribution is 2.51. The Bertz CT molecular complexity index is 301.